The summed E-state index contributed by atoms with van der Waals surface area (Å²) in [5, 5.41) is 3.98. The average molecular weight is 1070 g/mol. The fourth-order valence-corrected chi connectivity index (χ4v) is 12.1. The van der Waals surface area contributed by atoms with Gasteiger partial charge >= 0.3 is 37.7 Å². The van der Waals surface area contributed by atoms with Gasteiger partial charge in [-0.25, -0.2) is 16.8 Å². The first-order chi connectivity index (χ1) is 34.9. The van der Waals surface area contributed by atoms with E-state index in [1.54, 1.807) is 12.1 Å². The van der Waals surface area contributed by atoms with Crippen molar-refractivity contribution < 1.29 is 25.9 Å². The molecular weight excluding hydrogens is 969 g/mol. The van der Waals surface area contributed by atoms with Gasteiger partial charge in [-0.2, -0.15) is 0 Å². The summed E-state index contributed by atoms with van der Waals surface area (Å²) in [6.07, 6.45) is 48.8. The molecule has 0 unspecified atom stereocenters. The first-order valence-electron chi connectivity index (χ1n) is 29.9. The van der Waals surface area contributed by atoms with E-state index in [1.807, 2.05) is 36.4 Å². The molecule has 0 amide bonds. The van der Waals surface area contributed by atoms with Crippen molar-refractivity contribution in [2.75, 3.05) is 0 Å². The summed E-state index contributed by atoms with van der Waals surface area (Å²) in [4.78, 5) is -0.0374. The van der Waals surface area contributed by atoms with Crippen molar-refractivity contribution in [2.45, 2.75) is 294 Å². The number of hydrogen-bond acceptors (Lipinski definition) is 6. The second-order valence-corrected chi connectivity index (χ2v) is 24.1. The van der Waals surface area contributed by atoms with Crippen LogP contribution in [0.15, 0.2) is 70.5 Å². The van der Waals surface area contributed by atoms with Crippen LogP contribution in [0.25, 0.3) is 21.5 Å². The topological polar surface area (TPSA) is 114 Å². The fraction of sp³-hybridized carbons (Fsp3) is 0.688. The molecule has 4 aromatic carbocycles. The molecular formula is C64H102CaO6S2. The molecule has 0 heterocycles. The van der Waals surface area contributed by atoms with Crippen molar-refractivity contribution in [2.24, 2.45) is 0 Å². The van der Waals surface area contributed by atoms with Gasteiger partial charge in [0.25, 0.3) is 0 Å². The molecule has 408 valence electrons. The van der Waals surface area contributed by atoms with Gasteiger partial charge in [0.1, 0.15) is 20.2 Å². The Hall–Kier alpha value is -1.52. The van der Waals surface area contributed by atoms with Crippen LogP contribution in [0, 0.1) is 0 Å². The number of benzene rings is 4. The quantitative estimate of drug-likeness (QED) is 0.0248. The molecule has 0 spiro atoms. The maximum Gasteiger partial charge on any atom is 2.00 e. The Bertz CT molecular complexity index is 2100. The summed E-state index contributed by atoms with van der Waals surface area (Å²) in [5.74, 6) is 0. The molecule has 4 rings (SSSR count). The molecule has 9 heteroatoms. The summed E-state index contributed by atoms with van der Waals surface area (Å²) >= 11 is 0. The molecule has 0 aliphatic carbocycles. The summed E-state index contributed by atoms with van der Waals surface area (Å²) in [5.41, 5.74) is 3.97. The van der Waals surface area contributed by atoms with Gasteiger partial charge in [0.2, 0.25) is 0 Å². The van der Waals surface area contributed by atoms with Crippen LogP contribution in [0.5, 0.6) is 0 Å². The molecule has 0 aromatic heterocycles. The minimum atomic E-state index is -4.48. The molecule has 0 bridgehead atoms. The zero-order valence-electron chi connectivity index (χ0n) is 47.0. The molecule has 0 radical (unpaired) electrons. The van der Waals surface area contributed by atoms with Crippen molar-refractivity contribution in [1.29, 1.82) is 0 Å². The predicted molar refractivity (Wildman–Crippen MR) is 313 cm³/mol. The molecule has 0 saturated heterocycles. The third kappa shape index (κ3) is 29.2. The van der Waals surface area contributed by atoms with E-state index in [1.165, 1.54) is 204 Å². The van der Waals surface area contributed by atoms with Crippen LogP contribution >= 0.6 is 0 Å². The van der Waals surface area contributed by atoms with Crippen LogP contribution in [0.1, 0.15) is 281 Å². The van der Waals surface area contributed by atoms with E-state index >= 15 is 0 Å². The molecule has 0 fully saturated rings. The van der Waals surface area contributed by atoms with Crippen molar-refractivity contribution in [3.05, 3.63) is 82.9 Å². The first-order valence-corrected chi connectivity index (χ1v) is 32.8. The van der Waals surface area contributed by atoms with Crippen LogP contribution in [0.3, 0.4) is 0 Å². The standard InChI is InChI=1S/2C32H52O3S.Ca/c2*1-3-5-7-9-11-13-15-17-19-22-28-24-21-25-29-27-32(36(33,34)35)30(26-31(28)29)23-20-18-16-14-12-10-8-6-4-2;/h2*21,24-27H,3-20,22-23H2,1-2H3,(H,33,34,35);/q;;+2/p-2. The van der Waals surface area contributed by atoms with E-state index in [9.17, 15) is 25.9 Å². The van der Waals surface area contributed by atoms with Gasteiger partial charge in [-0.05, 0) is 119 Å². The number of fused-ring (bicyclic) bond motifs is 2. The van der Waals surface area contributed by atoms with Gasteiger partial charge in [0.15, 0.2) is 0 Å². The molecule has 6 nitrogen and oxygen atoms in total. The average Bonchev–Trinajstić information content (AvgIpc) is 3.36. The molecule has 0 N–H and O–H groups in total. The third-order valence-electron chi connectivity index (χ3n) is 15.0. The first kappa shape index (κ1) is 67.6. The predicted octanol–water partition coefficient (Wildman–Crippen LogP) is 19.4. The van der Waals surface area contributed by atoms with Crippen LogP contribution in [-0.2, 0) is 45.9 Å². The number of aryl methyl sites for hydroxylation is 4. The fourth-order valence-electron chi connectivity index (χ4n) is 10.6. The third-order valence-corrected chi connectivity index (χ3v) is 16.9. The van der Waals surface area contributed by atoms with E-state index in [0.717, 1.165) is 72.9 Å². The minimum Gasteiger partial charge on any atom is -0.744 e. The van der Waals surface area contributed by atoms with Crippen molar-refractivity contribution in [1.82, 2.24) is 0 Å². The van der Waals surface area contributed by atoms with E-state index in [2.05, 4.69) is 39.8 Å². The monoisotopic (exact) mass is 1070 g/mol. The molecule has 4 aromatic rings. The molecule has 73 heavy (non-hydrogen) atoms. The van der Waals surface area contributed by atoms with E-state index < -0.39 is 20.2 Å². The van der Waals surface area contributed by atoms with Gasteiger partial charge in [-0.1, -0.05) is 270 Å². The van der Waals surface area contributed by atoms with Gasteiger partial charge < -0.3 is 9.11 Å². The van der Waals surface area contributed by atoms with Crippen LogP contribution < -0.4 is 0 Å². The van der Waals surface area contributed by atoms with Crippen molar-refractivity contribution >= 4 is 79.5 Å². The van der Waals surface area contributed by atoms with Gasteiger partial charge in [-0.3, -0.25) is 0 Å². The Labute approximate surface area is 478 Å². The van der Waals surface area contributed by atoms with Crippen molar-refractivity contribution in [3.63, 3.8) is 0 Å². The molecule has 0 aliphatic heterocycles. The largest absolute Gasteiger partial charge is 2.00 e. The minimum absolute atomic E-state index is 0. The maximum atomic E-state index is 12.0. The maximum absolute atomic E-state index is 12.0. The van der Waals surface area contributed by atoms with Crippen molar-refractivity contribution in [3.8, 4) is 0 Å². The Balaban J connectivity index is 0.000000493. The zero-order valence-corrected chi connectivity index (χ0v) is 50.9. The summed E-state index contributed by atoms with van der Waals surface area (Å²) < 4.78 is 72.3. The zero-order chi connectivity index (χ0) is 52.1. The van der Waals surface area contributed by atoms with Crippen LogP contribution in [0.2, 0.25) is 0 Å². The summed E-state index contributed by atoms with van der Waals surface area (Å²) in [6, 6.07) is 19.5. The Morgan fingerprint density at radius 3 is 0.753 bits per heavy atom. The summed E-state index contributed by atoms with van der Waals surface area (Å²) in [6.45, 7) is 8.99. The van der Waals surface area contributed by atoms with Gasteiger partial charge in [-0.15, -0.1) is 0 Å². The van der Waals surface area contributed by atoms with E-state index in [-0.39, 0.29) is 47.5 Å². The van der Waals surface area contributed by atoms with E-state index in [4.69, 9.17) is 0 Å². The second-order valence-electron chi connectivity index (χ2n) is 21.4. The molecule has 0 saturated carbocycles. The number of rotatable bonds is 42. The summed E-state index contributed by atoms with van der Waals surface area (Å²) in [7, 11) is -8.97. The normalized spacial score (nSPS) is 11.8. The van der Waals surface area contributed by atoms with Crippen LogP contribution in [0.4, 0.5) is 0 Å². The van der Waals surface area contributed by atoms with Gasteiger partial charge in [0, 0.05) is 0 Å². The molecule has 0 atom stereocenters. The molecule has 0 aliphatic rings. The van der Waals surface area contributed by atoms with Gasteiger partial charge in [0.05, 0.1) is 9.79 Å². The number of hydrogen-bond donors (Lipinski definition) is 0. The number of unbranched alkanes of at least 4 members (excludes halogenated alkanes) is 32. The van der Waals surface area contributed by atoms with E-state index in [0.29, 0.717) is 24.0 Å². The SMILES string of the molecule is CCCCCCCCCCCc1cc2c(CCCCCCCCCCC)cccc2cc1S(=O)(=O)[O-].CCCCCCCCCCCc1cc2c(CCCCCCCCCCC)cccc2cc1S(=O)(=O)[O-].[Ca+2]. The Morgan fingerprint density at radius 2 is 0.521 bits per heavy atom. The van der Waals surface area contributed by atoms with Crippen LogP contribution in [-0.4, -0.2) is 63.7 Å². The Morgan fingerprint density at radius 1 is 0.301 bits per heavy atom. The second kappa shape index (κ2) is 41.6. The Kier molecular flexibility index (Phi) is 38.5. The smallest absolute Gasteiger partial charge is 0.744 e.